The minimum atomic E-state index is 0.0694. The van der Waals surface area contributed by atoms with Crippen LogP contribution in [0.2, 0.25) is 0 Å². The fourth-order valence-electron chi connectivity index (χ4n) is 2.21. The second kappa shape index (κ2) is 8.98. The Morgan fingerprint density at radius 2 is 1.80 bits per heavy atom. The van der Waals surface area contributed by atoms with Crippen molar-refractivity contribution in [2.45, 2.75) is 52.7 Å². The van der Waals surface area contributed by atoms with Crippen molar-refractivity contribution >= 4 is 0 Å². The smallest absolute Gasteiger partial charge is 0.119 e. The number of hydrogen-bond acceptors (Lipinski definition) is 3. The van der Waals surface area contributed by atoms with Crippen molar-refractivity contribution < 1.29 is 4.74 Å². The maximum atomic E-state index is 6.31. The summed E-state index contributed by atoms with van der Waals surface area (Å²) in [6, 6.07) is 8.25. The minimum Gasteiger partial charge on any atom is -0.491 e. The van der Waals surface area contributed by atoms with Gasteiger partial charge in [-0.3, -0.25) is 0 Å². The standard InChI is InChI=1S/C17H30N2O/c1-5-7-12-19(6-2)13-17(18)15-8-10-16(11-9-15)20-14(3)4/h8-11,14,17H,5-7,12-13,18H2,1-4H3. The van der Waals surface area contributed by atoms with Gasteiger partial charge in [0.1, 0.15) is 5.75 Å². The Morgan fingerprint density at radius 1 is 1.15 bits per heavy atom. The van der Waals surface area contributed by atoms with Gasteiger partial charge in [0.2, 0.25) is 0 Å². The fraction of sp³-hybridized carbons (Fsp3) is 0.647. The van der Waals surface area contributed by atoms with E-state index >= 15 is 0 Å². The molecule has 114 valence electrons. The molecule has 0 aliphatic rings. The molecule has 1 rings (SSSR count). The Balaban J connectivity index is 2.55. The van der Waals surface area contributed by atoms with E-state index in [2.05, 4.69) is 30.9 Å². The fourth-order valence-corrected chi connectivity index (χ4v) is 2.21. The molecule has 0 amide bonds. The van der Waals surface area contributed by atoms with Crippen molar-refractivity contribution in [3.63, 3.8) is 0 Å². The first-order valence-electron chi connectivity index (χ1n) is 7.81. The molecule has 0 aliphatic carbocycles. The number of benzene rings is 1. The Labute approximate surface area is 124 Å². The van der Waals surface area contributed by atoms with E-state index in [0.717, 1.165) is 25.4 Å². The number of rotatable bonds is 9. The van der Waals surface area contributed by atoms with Crippen molar-refractivity contribution in [2.24, 2.45) is 5.73 Å². The number of likely N-dealkylation sites (N-methyl/N-ethyl adjacent to an activating group) is 1. The first-order chi connectivity index (χ1) is 9.56. The molecule has 2 N–H and O–H groups in total. The van der Waals surface area contributed by atoms with Gasteiger partial charge in [0, 0.05) is 12.6 Å². The highest BCUT2D eigenvalue weighted by Gasteiger charge is 2.11. The summed E-state index contributed by atoms with van der Waals surface area (Å²) in [6.45, 7) is 11.6. The van der Waals surface area contributed by atoms with Gasteiger partial charge in [-0.25, -0.2) is 0 Å². The lowest BCUT2D eigenvalue weighted by Gasteiger charge is -2.24. The molecule has 1 unspecified atom stereocenters. The van der Waals surface area contributed by atoms with Crippen LogP contribution in [-0.4, -0.2) is 30.6 Å². The van der Waals surface area contributed by atoms with Crippen molar-refractivity contribution in [1.82, 2.24) is 4.90 Å². The maximum Gasteiger partial charge on any atom is 0.119 e. The molecule has 0 saturated carbocycles. The van der Waals surface area contributed by atoms with Crippen molar-refractivity contribution in [1.29, 1.82) is 0 Å². The predicted octanol–water partition coefficient (Wildman–Crippen LogP) is 3.60. The van der Waals surface area contributed by atoms with E-state index in [1.807, 2.05) is 26.0 Å². The first-order valence-corrected chi connectivity index (χ1v) is 7.81. The predicted molar refractivity (Wildman–Crippen MR) is 86.2 cm³/mol. The van der Waals surface area contributed by atoms with E-state index in [4.69, 9.17) is 10.5 Å². The van der Waals surface area contributed by atoms with E-state index in [1.165, 1.54) is 18.4 Å². The van der Waals surface area contributed by atoms with Gasteiger partial charge < -0.3 is 15.4 Å². The zero-order valence-electron chi connectivity index (χ0n) is 13.4. The average molecular weight is 278 g/mol. The van der Waals surface area contributed by atoms with Gasteiger partial charge in [0.15, 0.2) is 0 Å². The zero-order chi connectivity index (χ0) is 15.0. The summed E-state index contributed by atoms with van der Waals surface area (Å²) >= 11 is 0. The lowest BCUT2D eigenvalue weighted by molar-refractivity contribution is 0.242. The molecule has 3 heteroatoms. The maximum absolute atomic E-state index is 6.31. The van der Waals surface area contributed by atoms with Crippen LogP contribution in [-0.2, 0) is 0 Å². The molecule has 20 heavy (non-hydrogen) atoms. The van der Waals surface area contributed by atoms with Crippen LogP contribution in [0.25, 0.3) is 0 Å². The van der Waals surface area contributed by atoms with Crippen LogP contribution in [0.15, 0.2) is 24.3 Å². The molecular formula is C17H30N2O. The average Bonchev–Trinajstić information content (AvgIpc) is 2.43. The summed E-state index contributed by atoms with van der Waals surface area (Å²) < 4.78 is 5.65. The van der Waals surface area contributed by atoms with E-state index in [1.54, 1.807) is 0 Å². The van der Waals surface area contributed by atoms with Crippen LogP contribution in [0.1, 0.15) is 52.1 Å². The third-order valence-corrected chi connectivity index (χ3v) is 3.41. The molecule has 0 aromatic heterocycles. The second-order valence-electron chi connectivity index (χ2n) is 5.59. The topological polar surface area (TPSA) is 38.5 Å². The Bertz CT molecular complexity index is 362. The first kappa shape index (κ1) is 17.0. The van der Waals surface area contributed by atoms with Gasteiger partial charge >= 0.3 is 0 Å². The zero-order valence-corrected chi connectivity index (χ0v) is 13.4. The van der Waals surface area contributed by atoms with Gasteiger partial charge in [-0.2, -0.15) is 0 Å². The summed E-state index contributed by atoms with van der Waals surface area (Å²) in [6.07, 6.45) is 2.67. The van der Waals surface area contributed by atoms with Crippen LogP contribution in [0.3, 0.4) is 0 Å². The van der Waals surface area contributed by atoms with Gasteiger partial charge in [-0.15, -0.1) is 0 Å². The van der Waals surface area contributed by atoms with E-state index in [-0.39, 0.29) is 12.1 Å². The highest BCUT2D eigenvalue weighted by atomic mass is 16.5. The van der Waals surface area contributed by atoms with Crippen LogP contribution in [0.5, 0.6) is 5.75 Å². The summed E-state index contributed by atoms with van der Waals surface area (Å²) in [5.41, 5.74) is 7.49. The minimum absolute atomic E-state index is 0.0694. The molecule has 0 spiro atoms. The molecule has 0 heterocycles. The molecule has 1 aromatic rings. The SMILES string of the molecule is CCCCN(CC)CC(N)c1ccc(OC(C)C)cc1. The Hall–Kier alpha value is -1.06. The monoisotopic (exact) mass is 278 g/mol. The molecule has 1 atom stereocenters. The molecule has 0 bridgehead atoms. The van der Waals surface area contributed by atoms with Crippen LogP contribution < -0.4 is 10.5 Å². The molecule has 0 radical (unpaired) electrons. The molecule has 0 aliphatic heterocycles. The van der Waals surface area contributed by atoms with Gasteiger partial charge in [0.05, 0.1) is 6.10 Å². The van der Waals surface area contributed by atoms with Crippen LogP contribution >= 0.6 is 0 Å². The molecule has 0 saturated heterocycles. The van der Waals surface area contributed by atoms with E-state index < -0.39 is 0 Å². The number of ether oxygens (including phenoxy) is 1. The van der Waals surface area contributed by atoms with Gasteiger partial charge in [0.25, 0.3) is 0 Å². The quantitative estimate of drug-likeness (QED) is 0.750. The summed E-state index contributed by atoms with van der Waals surface area (Å²) in [4.78, 5) is 2.42. The van der Waals surface area contributed by atoms with Gasteiger partial charge in [-0.1, -0.05) is 32.4 Å². The second-order valence-corrected chi connectivity index (χ2v) is 5.59. The lowest BCUT2D eigenvalue weighted by Crippen LogP contribution is -2.32. The highest BCUT2D eigenvalue weighted by molar-refractivity contribution is 5.29. The lowest BCUT2D eigenvalue weighted by atomic mass is 10.1. The largest absolute Gasteiger partial charge is 0.491 e. The number of unbranched alkanes of at least 4 members (excludes halogenated alkanes) is 1. The normalized spacial score (nSPS) is 12.9. The third kappa shape index (κ3) is 5.93. The number of nitrogens with zero attached hydrogens (tertiary/aromatic N) is 1. The van der Waals surface area contributed by atoms with E-state index in [9.17, 15) is 0 Å². The Kier molecular flexibility index (Phi) is 7.63. The van der Waals surface area contributed by atoms with Crippen LogP contribution in [0.4, 0.5) is 0 Å². The number of hydrogen-bond donors (Lipinski definition) is 1. The molecule has 0 fully saturated rings. The van der Waals surface area contributed by atoms with Crippen molar-refractivity contribution in [3.05, 3.63) is 29.8 Å². The van der Waals surface area contributed by atoms with E-state index in [0.29, 0.717) is 0 Å². The molecule has 3 nitrogen and oxygen atoms in total. The summed E-state index contributed by atoms with van der Waals surface area (Å²) in [7, 11) is 0. The van der Waals surface area contributed by atoms with Crippen LogP contribution in [0, 0.1) is 0 Å². The summed E-state index contributed by atoms with van der Waals surface area (Å²) in [5, 5.41) is 0. The summed E-state index contributed by atoms with van der Waals surface area (Å²) in [5.74, 6) is 0.911. The molecule has 1 aromatic carbocycles. The number of nitrogens with two attached hydrogens (primary N) is 1. The van der Waals surface area contributed by atoms with Crippen molar-refractivity contribution in [2.75, 3.05) is 19.6 Å². The van der Waals surface area contributed by atoms with Crippen molar-refractivity contribution in [3.8, 4) is 5.75 Å². The molecular weight excluding hydrogens is 248 g/mol. The third-order valence-electron chi connectivity index (χ3n) is 3.41. The highest BCUT2D eigenvalue weighted by Crippen LogP contribution is 2.18. The Morgan fingerprint density at radius 3 is 2.30 bits per heavy atom. The van der Waals surface area contributed by atoms with Gasteiger partial charge in [-0.05, 0) is 51.1 Å².